The lowest BCUT2D eigenvalue weighted by Gasteiger charge is -2.20. The van der Waals surface area contributed by atoms with Crippen LogP contribution in [0, 0.1) is 11.8 Å². The molecular formula is C19H15Cl2N3O3. The number of hydrogen-bond donors (Lipinski definition) is 2. The zero-order valence-electron chi connectivity index (χ0n) is 14.0. The number of ketones is 2. The Labute approximate surface area is 165 Å². The molecule has 2 unspecified atom stereocenters. The van der Waals surface area contributed by atoms with E-state index in [1.807, 2.05) is 0 Å². The molecule has 2 aromatic rings. The van der Waals surface area contributed by atoms with Crippen molar-refractivity contribution >= 4 is 46.5 Å². The smallest absolute Gasteiger partial charge is 0.251 e. The Hall–Kier alpha value is -2.70. The molecule has 0 saturated carbocycles. The number of Topliss-reactive ketones (excluding diaryl/α,β-unsaturated/α-hetero) is 2. The highest BCUT2D eigenvalue weighted by molar-refractivity contribution is 6.31. The molecule has 0 fully saturated rings. The fourth-order valence-corrected chi connectivity index (χ4v) is 3.18. The van der Waals surface area contributed by atoms with Crippen molar-refractivity contribution in [3.05, 3.63) is 69.7 Å². The molecule has 6 nitrogen and oxygen atoms in total. The van der Waals surface area contributed by atoms with E-state index in [0.717, 1.165) is 0 Å². The van der Waals surface area contributed by atoms with E-state index in [4.69, 9.17) is 28.9 Å². The first kappa shape index (κ1) is 19.1. The summed E-state index contributed by atoms with van der Waals surface area (Å²) >= 11 is 11.7. The highest BCUT2D eigenvalue weighted by Crippen LogP contribution is 2.27. The summed E-state index contributed by atoms with van der Waals surface area (Å²) in [6, 6.07) is 12.5. The Morgan fingerprint density at radius 2 is 1.52 bits per heavy atom. The molecule has 3 N–H and O–H groups in total. The molecule has 2 aromatic carbocycles. The van der Waals surface area contributed by atoms with E-state index in [-0.39, 0.29) is 23.8 Å². The summed E-state index contributed by atoms with van der Waals surface area (Å²) in [7, 11) is 0. The van der Waals surface area contributed by atoms with Gasteiger partial charge in [-0.25, -0.2) is 5.43 Å². The summed E-state index contributed by atoms with van der Waals surface area (Å²) in [6.07, 6.45) is -0.197. The van der Waals surface area contributed by atoms with Crippen LogP contribution in [0.5, 0.6) is 0 Å². The van der Waals surface area contributed by atoms with Gasteiger partial charge in [-0.3, -0.25) is 14.4 Å². The van der Waals surface area contributed by atoms with Gasteiger partial charge in [-0.15, -0.1) is 0 Å². The number of amides is 1. The van der Waals surface area contributed by atoms with Crippen LogP contribution in [0.3, 0.4) is 0 Å². The Morgan fingerprint density at radius 1 is 1.00 bits per heavy atom. The number of carbonyl (C=O) groups excluding carboxylic acids is 3. The maximum absolute atomic E-state index is 13.0. The number of hydrazone groups is 1. The Kier molecular flexibility index (Phi) is 5.58. The lowest BCUT2D eigenvalue weighted by molar-refractivity contribution is -0.122. The van der Waals surface area contributed by atoms with Crippen molar-refractivity contribution < 1.29 is 14.4 Å². The molecule has 0 aromatic heterocycles. The third kappa shape index (κ3) is 4.18. The molecule has 27 heavy (non-hydrogen) atoms. The van der Waals surface area contributed by atoms with Crippen LogP contribution in [-0.4, -0.2) is 23.3 Å². The summed E-state index contributed by atoms with van der Waals surface area (Å²) in [5.41, 5.74) is 8.79. The summed E-state index contributed by atoms with van der Waals surface area (Å²) in [5, 5.41) is 4.66. The SMILES string of the molecule is NC1=NNC(=O)C1C(CC(=O)c1ccc(Cl)cc1)C(=O)c1ccc(Cl)cc1. The Morgan fingerprint density at radius 3 is 2.00 bits per heavy atom. The van der Waals surface area contributed by atoms with E-state index in [0.29, 0.717) is 21.2 Å². The molecule has 0 spiro atoms. The van der Waals surface area contributed by atoms with Gasteiger partial charge >= 0.3 is 0 Å². The van der Waals surface area contributed by atoms with Crippen molar-refractivity contribution in [1.29, 1.82) is 0 Å². The number of nitrogens with zero attached hydrogens (tertiary/aromatic N) is 1. The molecule has 3 rings (SSSR count). The Bertz CT molecular complexity index is 924. The highest BCUT2D eigenvalue weighted by atomic mass is 35.5. The third-order valence-electron chi connectivity index (χ3n) is 4.34. The van der Waals surface area contributed by atoms with Crippen LogP contribution < -0.4 is 11.2 Å². The largest absolute Gasteiger partial charge is 0.385 e. The van der Waals surface area contributed by atoms with Crippen LogP contribution in [0.25, 0.3) is 0 Å². The molecule has 1 aliphatic rings. The van der Waals surface area contributed by atoms with E-state index in [1.54, 1.807) is 48.5 Å². The van der Waals surface area contributed by atoms with E-state index in [1.165, 1.54) is 0 Å². The van der Waals surface area contributed by atoms with Crippen LogP contribution in [0.4, 0.5) is 0 Å². The zero-order valence-corrected chi connectivity index (χ0v) is 15.5. The van der Waals surface area contributed by atoms with Crippen molar-refractivity contribution in [3.8, 4) is 0 Å². The van der Waals surface area contributed by atoms with Gasteiger partial charge in [0.15, 0.2) is 11.6 Å². The number of benzene rings is 2. The van der Waals surface area contributed by atoms with Crippen molar-refractivity contribution in [2.24, 2.45) is 22.7 Å². The molecular weight excluding hydrogens is 389 g/mol. The maximum Gasteiger partial charge on any atom is 0.251 e. The normalized spacial score (nSPS) is 17.2. The number of hydrogen-bond acceptors (Lipinski definition) is 5. The van der Waals surface area contributed by atoms with Gasteiger partial charge in [-0.05, 0) is 48.5 Å². The van der Waals surface area contributed by atoms with E-state index in [9.17, 15) is 14.4 Å². The number of nitrogens with two attached hydrogens (primary N) is 1. The molecule has 1 amide bonds. The first-order valence-electron chi connectivity index (χ1n) is 8.08. The van der Waals surface area contributed by atoms with Gasteiger partial charge in [0.05, 0.1) is 0 Å². The molecule has 2 atom stereocenters. The fraction of sp³-hybridized carbons (Fsp3) is 0.158. The molecule has 0 bridgehead atoms. The third-order valence-corrected chi connectivity index (χ3v) is 4.84. The average molecular weight is 404 g/mol. The van der Waals surface area contributed by atoms with Gasteiger partial charge in [0.25, 0.3) is 5.91 Å². The van der Waals surface area contributed by atoms with Crippen LogP contribution >= 0.6 is 23.2 Å². The van der Waals surface area contributed by atoms with E-state index >= 15 is 0 Å². The fourth-order valence-electron chi connectivity index (χ4n) is 2.93. The minimum absolute atomic E-state index is 0.0174. The van der Waals surface area contributed by atoms with Gasteiger partial charge < -0.3 is 5.73 Å². The van der Waals surface area contributed by atoms with Crippen LogP contribution in [-0.2, 0) is 4.79 Å². The van der Waals surface area contributed by atoms with Crippen molar-refractivity contribution in [3.63, 3.8) is 0 Å². The monoisotopic (exact) mass is 403 g/mol. The number of carbonyl (C=O) groups is 3. The number of halogens is 2. The summed E-state index contributed by atoms with van der Waals surface area (Å²) < 4.78 is 0. The van der Waals surface area contributed by atoms with Gasteiger partial charge in [0, 0.05) is 33.5 Å². The molecule has 0 radical (unpaired) electrons. The lowest BCUT2D eigenvalue weighted by Crippen LogP contribution is -2.39. The number of rotatable bonds is 6. The predicted molar refractivity (Wildman–Crippen MR) is 103 cm³/mol. The van der Waals surface area contributed by atoms with Gasteiger partial charge in [-0.2, -0.15) is 5.10 Å². The number of nitrogens with one attached hydrogen (secondary N) is 1. The minimum atomic E-state index is -1.01. The minimum Gasteiger partial charge on any atom is -0.385 e. The molecule has 1 heterocycles. The van der Waals surface area contributed by atoms with Gasteiger partial charge in [-0.1, -0.05) is 23.2 Å². The van der Waals surface area contributed by atoms with Gasteiger partial charge in [0.1, 0.15) is 11.8 Å². The zero-order chi connectivity index (χ0) is 19.6. The molecule has 1 aliphatic heterocycles. The second kappa shape index (κ2) is 7.90. The topological polar surface area (TPSA) is 102 Å². The van der Waals surface area contributed by atoms with Crippen LogP contribution in [0.1, 0.15) is 27.1 Å². The van der Waals surface area contributed by atoms with Gasteiger partial charge in [0.2, 0.25) is 0 Å². The standard InChI is InChI=1S/C19H15Cl2N3O3/c20-12-5-1-10(2-6-12)15(25)9-14(16-18(22)23-24-19(16)27)17(26)11-3-7-13(21)8-4-11/h1-8,14,16H,9H2,(H2,22,23)(H,24,27). The highest BCUT2D eigenvalue weighted by Gasteiger charge is 2.41. The van der Waals surface area contributed by atoms with Crippen molar-refractivity contribution in [2.75, 3.05) is 0 Å². The first-order chi connectivity index (χ1) is 12.9. The van der Waals surface area contributed by atoms with Crippen molar-refractivity contribution in [2.45, 2.75) is 6.42 Å². The maximum atomic E-state index is 13.0. The van der Waals surface area contributed by atoms with Crippen LogP contribution in [0.2, 0.25) is 10.0 Å². The summed E-state index contributed by atoms with van der Waals surface area (Å²) in [6.45, 7) is 0. The Balaban J connectivity index is 1.92. The first-order valence-corrected chi connectivity index (χ1v) is 8.84. The van der Waals surface area contributed by atoms with Crippen LogP contribution in [0.15, 0.2) is 53.6 Å². The van der Waals surface area contributed by atoms with E-state index in [2.05, 4.69) is 10.5 Å². The number of amidine groups is 1. The van der Waals surface area contributed by atoms with E-state index < -0.39 is 17.7 Å². The van der Waals surface area contributed by atoms with Crippen molar-refractivity contribution in [1.82, 2.24) is 5.43 Å². The summed E-state index contributed by atoms with van der Waals surface area (Å²) in [4.78, 5) is 37.9. The second-order valence-electron chi connectivity index (χ2n) is 6.10. The molecule has 138 valence electrons. The molecule has 0 aliphatic carbocycles. The lowest BCUT2D eigenvalue weighted by atomic mass is 9.80. The average Bonchev–Trinajstić information content (AvgIpc) is 2.98. The predicted octanol–water partition coefficient (Wildman–Crippen LogP) is 3.08. The second-order valence-corrected chi connectivity index (χ2v) is 6.98. The molecule has 0 saturated heterocycles. The summed E-state index contributed by atoms with van der Waals surface area (Å²) in [5.74, 6) is -3.20. The quantitative estimate of drug-likeness (QED) is 0.723. The molecule has 8 heteroatoms.